The molecule has 1 unspecified atom stereocenters. The molecule has 0 aliphatic carbocycles. The van der Waals surface area contributed by atoms with Gasteiger partial charge < -0.3 is 0 Å². The molecule has 26 heavy (non-hydrogen) atoms. The third-order valence-corrected chi connectivity index (χ3v) is 6.84. The van der Waals surface area contributed by atoms with Gasteiger partial charge in [-0.15, -0.1) is 0 Å². The van der Waals surface area contributed by atoms with E-state index in [0.29, 0.717) is 11.4 Å². The van der Waals surface area contributed by atoms with E-state index in [2.05, 4.69) is 12.1 Å². The minimum absolute atomic E-state index is 0.219. The van der Waals surface area contributed by atoms with Gasteiger partial charge in [-0.3, -0.25) is 4.31 Å². The fourth-order valence-corrected chi connectivity index (χ4v) is 5.16. The Kier molecular flexibility index (Phi) is 4.29. The van der Waals surface area contributed by atoms with Crippen molar-refractivity contribution in [1.82, 2.24) is 0 Å². The van der Waals surface area contributed by atoms with Gasteiger partial charge in [-0.05, 0) is 42.7 Å². The number of aryl methyl sites for hydroxylation is 1. The van der Waals surface area contributed by atoms with E-state index in [0.717, 1.165) is 23.2 Å². The number of hydrogen-bond donors (Lipinski definition) is 0. The molecule has 0 saturated heterocycles. The Morgan fingerprint density at radius 3 is 2.23 bits per heavy atom. The van der Waals surface area contributed by atoms with Gasteiger partial charge in [-0.1, -0.05) is 66.2 Å². The Morgan fingerprint density at radius 1 is 0.846 bits per heavy atom. The molecule has 4 heteroatoms. The third-order valence-electron chi connectivity index (χ3n) is 5.01. The van der Waals surface area contributed by atoms with Crippen molar-refractivity contribution in [3.63, 3.8) is 0 Å². The van der Waals surface area contributed by atoms with Crippen molar-refractivity contribution < 1.29 is 8.42 Å². The van der Waals surface area contributed by atoms with Crippen LogP contribution in [0.4, 0.5) is 5.69 Å². The first kappa shape index (κ1) is 16.9. The van der Waals surface area contributed by atoms with Crippen molar-refractivity contribution >= 4 is 15.7 Å². The van der Waals surface area contributed by atoms with E-state index in [1.807, 2.05) is 61.5 Å². The SMILES string of the molecule is Cc1ccc(S(=O)(=O)N2CCC(c3ccccc3)c3ccccc32)cc1. The number of fused-ring (bicyclic) bond motifs is 1. The molecule has 0 saturated carbocycles. The number of rotatable bonds is 3. The van der Waals surface area contributed by atoms with Crippen LogP contribution in [0, 0.1) is 6.92 Å². The molecule has 0 amide bonds. The second kappa shape index (κ2) is 6.61. The van der Waals surface area contributed by atoms with Crippen LogP contribution in [0.3, 0.4) is 0 Å². The van der Waals surface area contributed by atoms with Crippen molar-refractivity contribution in [2.45, 2.75) is 24.2 Å². The molecular weight excluding hydrogens is 342 g/mol. The molecule has 0 radical (unpaired) electrons. The van der Waals surface area contributed by atoms with Gasteiger partial charge in [0.25, 0.3) is 10.0 Å². The summed E-state index contributed by atoms with van der Waals surface area (Å²) in [7, 11) is -3.56. The van der Waals surface area contributed by atoms with Gasteiger partial charge in [-0.25, -0.2) is 8.42 Å². The molecule has 1 heterocycles. The smallest absolute Gasteiger partial charge is 0.264 e. The van der Waals surface area contributed by atoms with Crippen molar-refractivity contribution in [3.8, 4) is 0 Å². The summed E-state index contributed by atoms with van der Waals surface area (Å²) in [6.07, 6.45) is 0.770. The standard InChI is InChI=1S/C22H21NO2S/c1-17-11-13-19(14-12-17)26(24,25)23-16-15-20(18-7-3-2-4-8-18)21-9-5-6-10-22(21)23/h2-14,20H,15-16H2,1H3. The number of hydrogen-bond acceptors (Lipinski definition) is 2. The van der Waals surface area contributed by atoms with Gasteiger partial charge >= 0.3 is 0 Å². The Hall–Kier alpha value is -2.59. The van der Waals surface area contributed by atoms with Gasteiger partial charge in [0.2, 0.25) is 0 Å². The number of anilines is 1. The van der Waals surface area contributed by atoms with E-state index in [1.54, 1.807) is 16.4 Å². The van der Waals surface area contributed by atoms with Crippen molar-refractivity contribution in [3.05, 3.63) is 95.6 Å². The highest BCUT2D eigenvalue weighted by Crippen LogP contribution is 2.41. The molecule has 1 aliphatic heterocycles. The van der Waals surface area contributed by atoms with E-state index in [9.17, 15) is 8.42 Å². The first-order chi connectivity index (χ1) is 12.6. The Balaban J connectivity index is 1.78. The van der Waals surface area contributed by atoms with Gasteiger partial charge in [0.1, 0.15) is 0 Å². The second-order valence-corrected chi connectivity index (χ2v) is 8.56. The Bertz CT molecular complexity index is 1010. The fraction of sp³-hybridized carbons (Fsp3) is 0.182. The summed E-state index contributed by atoms with van der Waals surface area (Å²) in [5.74, 6) is 0.219. The minimum Gasteiger partial charge on any atom is -0.266 e. The molecule has 0 fully saturated rings. The number of benzene rings is 3. The van der Waals surface area contributed by atoms with E-state index in [-0.39, 0.29) is 5.92 Å². The van der Waals surface area contributed by atoms with Crippen LogP contribution < -0.4 is 4.31 Å². The highest BCUT2D eigenvalue weighted by atomic mass is 32.2. The highest BCUT2D eigenvalue weighted by Gasteiger charge is 2.33. The summed E-state index contributed by atoms with van der Waals surface area (Å²) < 4.78 is 28.0. The van der Waals surface area contributed by atoms with Crippen molar-refractivity contribution in [2.24, 2.45) is 0 Å². The second-order valence-electron chi connectivity index (χ2n) is 6.70. The maximum absolute atomic E-state index is 13.2. The van der Waals surface area contributed by atoms with Crippen molar-refractivity contribution in [1.29, 1.82) is 0 Å². The van der Waals surface area contributed by atoms with Gasteiger partial charge in [0, 0.05) is 12.5 Å². The normalized spacial score (nSPS) is 17.0. The molecule has 0 N–H and O–H groups in total. The lowest BCUT2D eigenvalue weighted by Crippen LogP contribution is -2.36. The van der Waals surface area contributed by atoms with E-state index >= 15 is 0 Å². The van der Waals surface area contributed by atoms with Crippen LogP contribution in [0.5, 0.6) is 0 Å². The maximum atomic E-state index is 13.2. The molecule has 0 spiro atoms. The third kappa shape index (κ3) is 2.90. The van der Waals surface area contributed by atoms with Crippen LogP contribution in [0.25, 0.3) is 0 Å². The summed E-state index contributed by atoms with van der Waals surface area (Å²) in [5.41, 5.74) is 4.13. The first-order valence-electron chi connectivity index (χ1n) is 8.80. The van der Waals surface area contributed by atoms with Crippen LogP contribution in [0.15, 0.2) is 83.8 Å². The number of nitrogens with zero attached hydrogens (tertiary/aromatic N) is 1. The molecule has 3 aromatic rings. The van der Waals surface area contributed by atoms with Crippen molar-refractivity contribution in [2.75, 3.05) is 10.8 Å². The van der Waals surface area contributed by atoms with Gasteiger partial charge in [0.05, 0.1) is 10.6 Å². The van der Waals surface area contributed by atoms with E-state index < -0.39 is 10.0 Å². The van der Waals surface area contributed by atoms with Crippen LogP contribution in [0.2, 0.25) is 0 Å². The van der Waals surface area contributed by atoms with E-state index in [1.165, 1.54) is 5.56 Å². The quantitative estimate of drug-likeness (QED) is 0.675. The lowest BCUT2D eigenvalue weighted by molar-refractivity contribution is 0.582. The van der Waals surface area contributed by atoms with Gasteiger partial charge in [0.15, 0.2) is 0 Å². The van der Waals surface area contributed by atoms with Crippen LogP contribution in [-0.4, -0.2) is 15.0 Å². The number of sulfonamides is 1. The summed E-state index contributed by atoms with van der Waals surface area (Å²) in [5, 5.41) is 0. The molecule has 0 bridgehead atoms. The molecule has 3 nitrogen and oxygen atoms in total. The van der Waals surface area contributed by atoms with Gasteiger partial charge in [-0.2, -0.15) is 0 Å². The zero-order valence-electron chi connectivity index (χ0n) is 14.7. The topological polar surface area (TPSA) is 37.4 Å². The summed E-state index contributed by atoms with van der Waals surface area (Å²) in [4.78, 5) is 0.344. The minimum atomic E-state index is -3.56. The molecule has 1 atom stereocenters. The molecule has 132 valence electrons. The lowest BCUT2D eigenvalue weighted by atomic mass is 9.85. The maximum Gasteiger partial charge on any atom is 0.264 e. The predicted octanol–water partition coefficient (Wildman–Crippen LogP) is 4.73. The lowest BCUT2D eigenvalue weighted by Gasteiger charge is -2.35. The number of para-hydroxylation sites is 1. The Morgan fingerprint density at radius 2 is 1.50 bits per heavy atom. The molecule has 1 aliphatic rings. The summed E-state index contributed by atoms with van der Waals surface area (Å²) in [6.45, 7) is 2.43. The first-order valence-corrected chi connectivity index (χ1v) is 10.2. The van der Waals surface area contributed by atoms with Crippen LogP contribution >= 0.6 is 0 Å². The largest absolute Gasteiger partial charge is 0.266 e. The molecule has 4 rings (SSSR count). The zero-order valence-corrected chi connectivity index (χ0v) is 15.5. The zero-order chi connectivity index (χ0) is 18.1. The van der Waals surface area contributed by atoms with E-state index in [4.69, 9.17) is 0 Å². The Labute approximate surface area is 155 Å². The predicted molar refractivity (Wildman–Crippen MR) is 105 cm³/mol. The summed E-state index contributed by atoms with van der Waals surface area (Å²) >= 11 is 0. The fourth-order valence-electron chi connectivity index (χ4n) is 3.65. The highest BCUT2D eigenvalue weighted by molar-refractivity contribution is 7.92. The molecule has 0 aromatic heterocycles. The average molecular weight is 363 g/mol. The van der Waals surface area contributed by atoms with Crippen LogP contribution in [0.1, 0.15) is 29.0 Å². The average Bonchev–Trinajstić information content (AvgIpc) is 2.68. The molecule has 3 aromatic carbocycles. The monoisotopic (exact) mass is 363 g/mol. The molecular formula is C22H21NO2S. The van der Waals surface area contributed by atoms with Crippen LogP contribution in [-0.2, 0) is 10.0 Å². The summed E-state index contributed by atoms with van der Waals surface area (Å²) in [6, 6.07) is 25.2.